The second kappa shape index (κ2) is 7.35. The zero-order valence-corrected chi connectivity index (χ0v) is 13.0. The zero-order chi connectivity index (χ0) is 14.4. The molecule has 0 heterocycles. The van der Waals surface area contributed by atoms with E-state index in [1.807, 2.05) is 37.1 Å². The Hall–Kier alpha value is -1.27. The van der Waals surface area contributed by atoms with Crippen molar-refractivity contribution in [3.05, 3.63) is 22.7 Å². The van der Waals surface area contributed by atoms with Crippen LogP contribution >= 0.6 is 15.9 Å². The maximum atomic E-state index is 11.8. The molecule has 5 nitrogen and oxygen atoms in total. The monoisotopic (exact) mass is 329 g/mol. The number of hydrogen-bond donors (Lipinski definition) is 2. The van der Waals surface area contributed by atoms with Crippen LogP contribution in [-0.4, -0.2) is 39.3 Å². The smallest absolute Gasteiger partial charge is 0.239 e. The topological polar surface area (TPSA) is 67.6 Å². The first-order valence-electron chi connectivity index (χ1n) is 5.98. The molecule has 1 rings (SSSR count). The van der Waals surface area contributed by atoms with Crippen molar-refractivity contribution < 1.29 is 9.53 Å². The number of nitrogens with two attached hydrogens (primary N) is 1. The lowest BCUT2D eigenvalue weighted by Gasteiger charge is -2.22. The van der Waals surface area contributed by atoms with Crippen LogP contribution in [0.3, 0.4) is 0 Å². The van der Waals surface area contributed by atoms with E-state index in [1.54, 1.807) is 7.11 Å². The van der Waals surface area contributed by atoms with Crippen LogP contribution in [0.4, 0.5) is 11.4 Å². The summed E-state index contributed by atoms with van der Waals surface area (Å²) < 4.78 is 5.89. The van der Waals surface area contributed by atoms with Gasteiger partial charge in [0, 0.05) is 24.7 Å². The van der Waals surface area contributed by atoms with Gasteiger partial charge in [-0.3, -0.25) is 4.79 Å². The summed E-state index contributed by atoms with van der Waals surface area (Å²) in [6, 6.07) is 5.59. The molecule has 0 aliphatic rings. The fourth-order valence-electron chi connectivity index (χ4n) is 1.79. The molecule has 0 aliphatic heterocycles. The number of carbonyl (C=O) groups is 1. The first-order chi connectivity index (χ1) is 8.93. The van der Waals surface area contributed by atoms with Gasteiger partial charge < -0.3 is 20.7 Å². The van der Waals surface area contributed by atoms with Crippen molar-refractivity contribution in [2.75, 3.05) is 37.9 Å². The van der Waals surface area contributed by atoms with E-state index in [2.05, 4.69) is 21.2 Å². The number of halogens is 1. The van der Waals surface area contributed by atoms with Gasteiger partial charge in [-0.15, -0.1) is 0 Å². The van der Waals surface area contributed by atoms with Gasteiger partial charge in [-0.2, -0.15) is 0 Å². The van der Waals surface area contributed by atoms with E-state index in [0.717, 1.165) is 10.2 Å². The van der Waals surface area contributed by atoms with Gasteiger partial charge in [-0.05, 0) is 25.1 Å². The number of hydrogen-bond acceptors (Lipinski definition) is 4. The predicted octanol–water partition coefficient (Wildman–Crippen LogP) is 1.62. The lowest BCUT2D eigenvalue weighted by Crippen LogP contribution is -2.41. The predicted molar refractivity (Wildman–Crippen MR) is 81.3 cm³/mol. The molecule has 0 aliphatic carbocycles. The number of rotatable bonds is 6. The standard InChI is InChI=1S/C13H20BrN3O2/c1-9(8-19-3)16-13(18)7-17(2)12-5-4-10(14)6-11(12)15/h4-6,9H,7-8,15H2,1-3H3,(H,16,18). The minimum absolute atomic E-state index is 0.00633. The van der Waals surface area contributed by atoms with Gasteiger partial charge in [0.2, 0.25) is 5.91 Å². The molecule has 1 unspecified atom stereocenters. The SMILES string of the molecule is COCC(C)NC(=O)CN(C)c1ccc(Br)cc1N. The van der Waals surface area contributed by atoms with Crippen molar-refractivity contribution in [3.63, 3.8) is 0 Å². The second-order valence-corrected chi connectivity index (χ2v) is 5.40. The Morgan fingerprint density at radius 3 is 2.84 bits per heavy atom. The van der Waals surface area contributed by atoms with E-state index in [9.17, 15) is 4.79 Å². The summed E-state index contributed by atoms with van der Waals surface area (Å²) in [5.74, 6) is -0.0608. The lowest BCUT2D eigenvalue weighted by molar-refractivity contribution is -0.120. The number of ether oxygens (including phenoxy) is 1. The number of nitrogens with one attached hydrogen (secondary N) is 1. The van der Waals surface area contributed by atoms with Crippen LogP contribution in [0, 0.1) is 0 Å². The van der Waals surface area contributed by atoms with Crippen LogP contribution in [0.25, 0.3) is 0 Å². The zero-order valence-electron chi connectivity index (χ0n) is 11.4. The van der Waals surface area contributed by atoms with Crippen molar-refractivity contribution in [3.8, 4) is 0 Å². The van der Waals surface area contributed by atoms with E-state index in [4.69, 9.17) is 10.5 Å². The van der Waals surface area contributed by atoms with Crippen molar-refractivity contribution in [1.29, 1.82) is 0 Å². The van der Waals surface area contributed by atoms with Gasteiger partial charge in [0.1, 0.15) is 0 Å². The van der Waals surface area contributed by atoms with Crippen LogP contribution in [-0.2, 0) is 9.53 Å². The Balaban J connectivity index is 2.59. The van der Waals surface area contributed by atoms with Crippen molar-refractivity contribution in [1.82, 2.24) is 5.32 Å². The molecule has 1 aromatic carbocycles. The maximum absolute atomic E-state index is 11.8. The minimum Gasteiger partial charge on any atom is -0.397 e. The van der Waals surface area contributed by atoms with Crippen LogP contribution in [0.15, 0.2) is 22.7 Å². The molecule has 6 heteroatoms. The number of methoxy groups -OCH3 is 1. The van der Waals surface area contributed by atoms with Crippen molar-refractivity contribution >= 4 is 33.2 Å². The molecule has 0 bridgehead atoms. The van der Waals surface area contributed by atoms with Crippen LogP contribution in [0.5, 0.6) is 0 Å². The molecular weight excluding hydrogens is 310 g/mol. The Bertz CT molecular complexity index is 440. The Labute approximate surface area is 122 Å². The highest BCUT2D eigenvalue weighted by Gasteiger charge is 2.12. The number of carbonyl (C=O) groups excluding carboxylic acids is 1. The third-order valence-electron chi connectivity index (χ3n) is 2.61. The summed E-state index contributed by atoms with van der Waals surface area (Å²) in [5.41, 5.74) is 7.39. The van der Waals surface area contributed by atoms with Gasteiger partial charge in [0.25, 0.3) is 0 Å². The van der Waals surface area contributed by atoms with E-state index in [-0.39, 0.29) is 18.5 Å². The van der Waals surface area contributed by atoms with Crippen LogP contribution in [0.2, 0.25) is 0 Å². The Morgan fingerprint density at radius 2 is 2.26 bits per heavy atom. The van der Waals surface area contributed by atoms with Crippen molar-refractivity contribution in [2.24, 2.45) is 0 Å². The van der Waals surface area contributed by atoms with E-state index >= 15 is 0 Å². The average molecular weight is 330 g/mol. The summed E-state index contributed by atoms with van der Waals surface area (Å²) in [4.78, 5) is 13.6. The van der Waals surface area contributed by atoms with Crippen LogP contribution in [0.1, 0.15) is 6.92 Å². The highest BCUT2D eigenvalue weighted by Crippen LogP contribution is 2.25. The van der Waals surface area contributed by atoms with Gasteiger partial charge in [-0.1, -0.05) is 15.9 Å². The normalized spacial score (nSPS) is 12.0. The molecule has 0 fully saturated rings. The molecule has 0 saturated carbocycles. The summed E-state index contributed by atoms with van der Waals surface area (Å²) in [6.45, 7) is 2.64. The highest BCUT2D eigenvalue weighted by atomic mass is 79.9. The number of likely N-dealkylation sites (N-methyl/N-ethyl adjacent to an activating group) is 1. The van der Waals surface area contributed by atoms with E-state index in [0.29, 0.717) is 12.3 Å². The fourth-order valence-corrected chi connectivity index (χ4v) is 2.16. The number of nitrogen functional groups attached to an aromatic ring is 1. The minimum atomic E-state index is -0.0608. The number of anilines is 2. The third-order valence-corrected chi connectivity index (χ3v) is 3.10. The molecule has 0 saturated heterocycles. The molecule has 1 aromatic rings. The summed E-state index contributed by atoms with van der Waals surface area (Å²) in [6.07, 6.45) is 0. The molecule has 19 heavy (non-hydrogen) atoms. The van der Waals surface area contributed by atoms with Gasteiger partial charge >= 0.3 is 0 Å². The number of amides is 1. The second-order valence-electron chi connectivity index (χ2n) is 4.48. The van der Waals surface area contributed by atoms with Crippen LogP contribution < -0.4 is 16.0 Å². The molecule has 3 N–H and O–H groups in total. The number of benzene rings is 1. The first-order valence-corrected chi connectivity index (χ1v) is 6.77. The Morgan fingerprint density at radius 1 is 1.58 bits per heavy atom. The van der Waals surface area contributed by atoms with E-state index < -0.39 is 0 Å². The third kappa shape index (κ3) is 5.08. The maximum Gasteiger partial charge on any atom is 0.239 e. The molecule has 0 radical (unpaired) electrons. The Kier molecular flexibility index (Phi) is 6.11. The highest BCUT2D eigenvalue weighted by molar-refractivity contribution is 9.10. The molecule has 106 valence electrons. The van der Waals surface area contributed by atoms with Crippen molar-refractivity contribution in [2.45, 2.75) is 13.0 Å². The van der Waals surface area contributed by atoms with E-state index in [1.165, 1.54) is 0 Å². The lowest BCUT2D eigenvalue weighted by atomic mass is 10.2. The molecular formula is C13H20BrN3O2. The summed E-state index contributed by atoms with van der Waals surface area (Å²) >= 11 is 3.35. The first kappa shape index (κ1) is 15.8. The quantitative estimate of drug-likeness (QED) is 0.778. The summed E-state index contributed by atoms with van der Waals surface area (Å²) in [7, 11) is 3.44. The van der Waals surface area contributed by atoms with Gasteiger partial charge in [-0.25, -0.2) is 0 Å². The molecule has 0 aromatic heterocycles. The largest absolute Gasteiger partial charge is 0.397 e. The number of nitrogens with zero attached hydrogens (tertiary/aromatic N) is 1. The molecule has 1 amide bonds. The molecule has 1 atom stereocenters. The van der Waals surface area contributed by atoms with Gasteiger partial charge in [0.15, 0.2) is 0 Å². The van der Waals surface area contributed by atoms with Gasteiger partial charge in [0.05, 0.1) is 24.5 Å². The molecule has 0 spiro atoms. The fraction of sp³-hybridized carbons (Fsp3) is 0.462. The summed E-state index contributed by atoms with van der Waals surface area (Å²) in [5, 5.41) is 2.86. The average Bonchev–Trinajstić information content (AvgIpc) is 2.28.